The fourth-order valence-corrected chi connectivity index (χ4v) is 3.23. The van der Waals surface area contributed by atoms with Gasteiger partial charge in [-0.25, -0.2) is 0 Å². The molecule has 0 bridgehead atoms. The summed E-state index contributed by atoms with van der Waals surface area (Å²) >= 11 is 6.94. The molecule has 1 heterocycles. The molecular formula is C15H18N2S2. The summed E-state index contributed by atoms with van der Waals surface area (Å²) in [5.74, 6) is 0. The van der Waals surface area contributed by atoms with Crippen molar-refractivity contribution in [2.75, 3.05) is 11.9 Å². The van der Waals surface area contributed by atoms with Gasteiger partial charge in [-0.2, -0.15) is 0 Å². The van der Waals surface area contributed by atoms with Crippen molar-refractivity contribution in [2.45, 2.75) is 19.9 Å². The number of aryl methyl sites for hydroxylation is 1. The van der Waals surface area contributed by atoms with Crippen LogP contribution in [0.1, 0.15) is 29.0 Å². The van der Waals surface area contributed by atoms with Gasteiger partial charge in [-0.05, 0) is 36.9 Å². The van der Waals surface area contributed by atoms with Gasteiger partial charge in [0.1, 0.15) is 4.99 Å². The summed E-state index contributed by atoms with van der Waals surface area (Å²) in [5, 5.41) is 2.10. The molecule has 0 spiro atoms. The molecule has 1 atom stereocenters. The minimum absolute atomic E-state index is 0.300. The summed E-state index contributed by atoms with van der Waals surface area (Å²) in [5.41, 5.74) is 9.10. The lowest BCUT2D eigenvalue weighted by atomic mass is 10.1. The lowest BCUT2D eigenvalue weighted by Crippen LogP contribution is -2.25. The van der Waals surface area contributed by atoms with Gasteiger partial charge in [0, 0.05) is 17.5 Å². The zero-order chi connectivity index (χ0) is 14.0. The van der Waals surface area contributed by atoms with E-state index in [1.165, 1.54) is 10.4 Å². The molecule has 0 fully saturated rings. The summed E-state index contributed by atoms with van der Waals surface area (Å²) in [6.07, 6.45) is 0. The number of anilines is 1. The average molecular weight is 290 g/mol. The second-order valence-corrected chi connectivity index (χ2v) is 6.06. The molecule has 100 valence electrons. The Labute approximate surface area is 123 Å². The Hall–Kier alpha value is -1.39. The molecule has 0 aliphatic heterocycles. The van der Waals surface area contributed by atoms with Crippen LogP contribution in [0.5, 0.6) is 0 Å². The van der Waals surface area contributed by atoms with Crippen molar-refractivity contribution >= 4 is 34.2 Å². The first-order chi connectivity index (χ1) is 9.02. The molecule has 1 aromatic heterocycles. The highest BCUT2D eigenvalue weighted by Crippen LogP contribution is 2.32. The van der Waals surface area contributed by atoms with Crippen LogP contribution in [-0.4, -0.2) is 12.0 Å². The third-order valence-corrected chi connectivity index (χ3v) is 4.65. The van der Waals surface area contributed by atoms with Crippen molar-refractivity contribution in [3.05, 3.63) is 51.7 Å². The number of hydrogen-bond donors (Lipinski definition) is 1. The van der Waals surface area contributed by atoms with Crippen molar-refractivity contribution in [3.63, 3.8) is 0 Å². The molecule has 1 unspecified atom stereocenters. The standard InChI is InChI=1S/C15H18N2S2/c1-10-6-4-7-12(15(16)18)14(10)17(3)11(2)13-8-5-9-19-13/h4-9,11H,1-3H3,(H2,16,18). The molecule has 0 aliphatic carbocycles. The predicted octanol–water partition coefficient (Wildman–Crippen LogP) is 3.89. The lowest BCUT2D eigenvalue weighted by molar-refractivity contribution is 0.751. The molecule has 2 nitrogen and oxygen atoms in total. The van der Waals surface area contributed by atoms with Crippen molar-refractivity contribution in [1.82, 2.24) is 0 Å². The molecule has 0 aliphatic rings. The highest BCUT2D eigenvalue weighted by molar-refractivity contribution is 7.80. The van der Waals surface area contributed by atoms with E-state index in [2.05, 4.69) is 49.4 Å². The predicted molar refractivity (Wildman–Crippen MR) is 88.2 cm³/mol. The van der Waals surface area contributed by atoms with Gasteiger partial charge in [0.15, 0.2) is 0 Å². The molecule has 2 rings (SSSR count). The van der Waals surface area contributed by atoms with Crippen LogP contribution in [0, 0.1) is 6.92 Å². The molecule has 0 saturated carbocycles. The second kappa shape index (κ2) is 5.72. The number of nitrogens with two attached hydrogens (primary N) is 1. The smallest absolute Gasteiger partial charge is 0.106 e. The SMILES string of the molecule is Cc1cccc(C(N)=S)c1N(C)C(C)c1cccs1. The molecule has 0 saturated heterocycles. The first-order valence-corrected chi connectivity index (χ1v) is 7.46. The Morgan fingerprint density at radius 1 is 1.32 bits per heavy atom. The van der Waals surface area contributed by atoms with Crippen LogP contribution in [0.4, 0.5) is 5.69 Å². The van der Waals surface area contributed by atoms with E-state index in [1.807, 2.05) is 12.1 Å². The number of hydrogen-bond acceptors (Lipinski definition) is 3. The number of thiophene rings is 1. The molecule has 4 heteroatoms. The van der Waals surface area contributed by atoms with Gasteiger partial charge in [0.05, 0.1) is 11.7 Å². The Balaban J connectivity index is 2.44. The summed E-state index contributed by atoms with van der Waals surface area (Å²) in [7, 11) is 2.09. The Morgan fingerprint density at radius 2 is 2.05 bits per heavy atom. The highest BCUT2D eigenvalue weighted by atomic mass is 32.1. The summed E-state index contributed by atoms with van der Waals surface area (Å²) < 4.78 is 0. The van der Waals surface area contributed by atoms with Crippen LogP contribution in [0.3, 0.4) is 0 Å². The van der Waals surface area contributed by atoms with E-state index in [0.29, 0.717) is 11.0 Å². The average Bonchev–Trinajstić information content (AvgIpc) is 2.90. The number of nitrogens with zero attached hydrogens (tertiary/aromatic N) is 1. The van der Waals surface area contributed by atoms with Gasteiger partial charge < -0.3 is 10.6 Å². The maximum Gasteiger partial charge on any atom is 0.106 e. The summed E-state index contributed by atoms with van der Waals surface area (Å²) in [4.78, 5) is 4.03. The Kier molecular flexibility index (Phi) is 4.22. The maximum atomic E-state index is 5.85. The van der Waals surface area contributed by atoms with Crippen LogP contribution < -0.4 is 10.6 Å². The quantitative estimate of drug-likeness (QED) is 0.866. The van der Waals surface area contributed by atoms with Crippen LogP contribution in [0.25, 0.3) is 0 Å². The summed E-state index contributed by atoms with van der Waals surface area (Å²) in [6.45, 7) is 4.29. The van der Waals surface area contributed by atoms with E-state index >= 15 is 0 Å². The number of rotatable bonds is 4. The lowest BCUT2D eigenvalue weighted by Gasteiger charge is -2.29. The van der Waals surface area contributed by atoms with E-state index in [-0.39, 0.29) is 0 Å². The van der Waals surface area contributed by atoms with Crippen LogP contribution in [0.15, 0.2) is 35.7 Å². The van der Waals surface area contributed by atoms with Gasteiger partial charge in [-0.3, -0.25) is 0 Å². The summed E-state index contributed by atoms with van der Waals surface area (Å²) in [6, 6.07) is 10.6. The van der Waals surface area contributed by atoms with Gasteiger partial charge in [-0.15, -0.1) is 11.3 Å². The van der Waals surface area contributed by atoms with Gasteiger partial charge >= 0.3 is 0 Å². The van der Waals surface area contributed by atoms with Crippen molar-refractivity contribution in [3.8, 4) is 0 Å². The normalized spacial score (nSPS) is 12.2. The minimum Gasteiger partial charge on any atom is -0.389 e. The number of para-hydroxylation sites is 1. The second-order valence-electron chi connectivity index (χ2n) is 4.64. The third-order valence-electron chi connectivity index (χ3n) is 3.39. The van der Waals surface area contributed by atoms with Crippen LogP contribution >= 0.6 is 23.6 Å². The van der Waals surface area contributed by atoms with Crippen molar-refractivity contribution in [2.24, 2.45) is 5.73 Å². The first-order valence-electron chi connectivity index (χ1n) is 6.18. The van der Waals surface area contributed by atoms with Gasteiger partial charge in [0.25, 0.3) is 0 Å². The van der Waals surface area contributed by atoms with Crippen LogP contribution in [-0.2, 0) is 0 Å². The molecule has 2 aromatic rings. The third kappa shape index (κ3) is 2.80. The largest absolute Gasteiger partial charge is 0.389 e. The van der Waals surface area contributed by atoms with E-state index in [1.54, 1.807) is 11.3 Å². The minimum atomic E-state index is 0.300. The molecule has 19 heavy (non-hydrogen) atoms. The maximum absolute atomic E-state index is 5.85. The monoisotopic (exact) mass is 290 g/mol. The zero-order valence-corrected chi connectivity index (χ0v) is 13.0. The van der Waals surface area contributed by atoms with E-state index < -0.39 is 0 Å². The number of benzene rings is 1. The van der Waals surface area contributed by atoms with Gasteiger partial charge in [0.2, 0.25) is 0 Å². The van der Waals surface area contributed by atoms with Crippen molar-refractivity contribution < 1.29 is 0 Å². The Bertz CT molecular complexity index is 576. The number of thiocarbonyl (C=S) groups is 1. The molecule has 2 N–H and O–H groups in total. The molecule has 0 radical (unpaired) electrons. The van der Waals surface area contributed by atoms with Gasteiger partial charge in [-0.1, -0.05) is 30.4 Å². The molecule has 0 amide bonds. The molecular weight excluding hydrogens is 272 g/mol. The highest BCUT2D eigenvalue weighted by Gasteiger charge is 2.18. The van der Waals surface area contributed by atoms with E-state index in [9.17, 15) is 0 Å². The fraction of sp³-hybridized carbons (Fsp3) is 0.267. The van der Waals surface area contributed by atoms with Crippen molar-refractivity contribution in [1.29, 1.82) is 0 Å². The Morgan fingerprint density at radius 3 is 2.63 bits per heavy atom. The fourth-order valence-electron chi connectivity index (χ4n) is 2.24. The van der Waals surface area contributed by atoms with E-state index in [4.69, 9.17) is 18.0 Å². The zero-order valence-electron chi connectivity index (χ0n) is 11.4. The van der Waals surface area contributed by atoms with Crippen LogP contribution in [0.2, 0.25) is 0 Å². The van der Waals surface area contributed by atoms with E-state index in [0.717, 1.165) is 11.3 Å². The first kappa shape index (κ1) is 14.0. The topological polar surface area (TPSA) is 29.3 Å². The molecule has 1 aromatic carbocycles.